The second-order valence-electron chi connectivity index (χ2n) is 6.25. The van der Waals surface area contributed by atoms with Crippen LogP contribution in [0.25, 0.3) is 0 Å². The average molecular weight is 271 g/mol. The van der Waals surface area contributed by atoms with Crippen molar-refractivity contribution in [2.45, 2.75) is 91.9 Å². The summed E-state index contributed by atoms with van der Waals surface area (Å²) in [5, 5.41) is 0. The molecular formula is C18H40N+. The van der Waals surface area contributed by atoms with E-state index in [2.05, 4.69) is 27.7 Å². The summed E-state index contributed by atoms with van der Waals surface area (Å²) >= 11 is 0. The molecule has 0 saturated heterocycles. The molecule has 0 spiro atoms. The molecule has 0 bridgehead atoms. The van der Waals surface area contributed by atoms with E-state index in [9.17, 15) is 0 Å². The molecule has 0 aromatic carbocycles. The van der Waals surface area contributed by atoms with Crippen molar-refractivity contribution in [1.29, 1.82) is 0 Å². The van der Waals surface area contributed by atoms with Gasteiger partial charge in [-0.25, -0.2) is 0 Å². The molecule has 0 N–H and O–H groups in total. The normalized spacial score (nSPS) is 12.0. The van der Waals surface area contributed by atoms with Gasteiger partial charge >= 0.3 is 0 Å². The first-order chi connectivity index (χ1) is 9.24. The molecule has 116 valence electrons. The summed E-state index contributed by atoms with van der Waals surface area (Å²) in [7, 11) is 0. The summed E-state index contributed by atoms with van der Waals surface area (Å²) in [6, 6.07) is 0. The van der Waals surface area contributed by atoms with Crippen molar-refractivity contribution in [2.24, 2.45) is 0 Å². The minimum absolute atomic E-state index is 1.33. The Balaban J connectivity index is 3.83. The van der Waals surface area contributed by atoms with Crippen LogP contribution in [0.2, 0.25) is 0 Å². The summed E-state index contributed by atoms with van der Waals surface area (Å²) in [4.78, 5) is 0. The molecule has 0 atom stereocenters. The van der Waals surface area contributed by atoms with Crippen LogP contribution in [0.4, 0.5) is 0 Å². The van der Waals surface area contributed by atoms with Gasteiger partial charge in [-0.15, -0.1) is 0 Å². The molecule has 0 aliphatic carbocycles. The number of nitrogens with zero attached hydrogens (tertiary/aromatic N) is 1. The van der Waals surface area contributed by atoms with Gasteiger partial charge in [0.1, 0.15) is 0 Å². The van der Waals surface area contributed by atoms with Gasteiger partial charge in [-0.1, -0.05) is 52.4 Å². The van der Waals surface area contributed by atoms with Gasteiger partial charge in [0.15, 0.2) is 0 Å². The Morgan fingerprint density at radius 1 is 0.474 bits per heavy atom. The van der Waals surface area contributed by atoms with Gasteiger partial charge in [0, 0.05) is 0 Å². The summed E-state index contributed by atoms with van der Waals surface area (Å²) in [6.07, 6.45) is 14.2. The zero-order chi connectivity index (χ0) is 14.4. The maximum atomic E-state index is 2.39. The van der Waals surface area contributed by atoms with Crippen molar-refractivity contribution in [3.8, 4) is 0 Å². The lowest BCUT2D eigenvalue weighted by Gasteiger charge is -2.37. The minimum Gasteiger partial charge on any atom is -0.324 e. The zero-order valence-electron chi connectivity index (χ0n) is 14.3. The third kappa shape index (κ3) is 9.49. The number of quaternary nitrogens is 1. The Hall–Kier alpha value is -0.0400. The highest BCUT2D eigenvalue weighted by Gasteiger charge is 2.21. The topological polar surface area (TPSA) is 0 Å². The molecule has 0 fully saturated rings. The van der Waals surface area contributed by atoms with Crippen molar-refractivity contribution in [2.75, 3.05) is 26.2 Å². The Labute approximate surface area is 123 Å². The molecule has 0 aromatic heterocycles. The van der Waals surface area contributed by atoms with E-state index in [1.807, 2.05) is 0 Å². The van der Waals surface area contributed by atoms with E-state index in [1.165, 1.54) is 94.9 Å². The first kappa shape index (κ1) is 19.0. The van der Waals surface area contributed by atoms with Gasteiger partial charge in [-0.3, -0.25) is 0 Å². The van der Waals surface area contributed by atoms with Crippen LogP contribution in [-0.4, -0.2) is 30.7 Å². The molecule has 0 saturated carbocycles. The van der Waals surface area contributed by atoms with Crippen molar-refractivity contribution < 1.29 is 4.48 Å². The maximum Gasteiger partial charge on any atom is 0.0786 e. The molecule has 0 aromatic rings. The lowest BCUT2D eigenvalue weighted by Crippen LogP contribution is -2.49. The van der Waals surface area contributed by atoms with Crippen molar-refractivity contribution >= 4 is 0 Å². The third-order valence-corrected chi connectivity index (χ3v) is 4.81. The van der Waals surface area contributed by atoms with Crippen LogP contribution in [-0.2, 0) is 0 Å². The average Bonchev–Trinajstić information content (AvgIpc) is 2.45. The molecule has 0 amide bonds. The molecule has 19 heavy (non-hydrogen) atoms. The Morgan fingerprint density at radius 2 is 0.842 bits per heavy atom. The van der Waals surface area contributed by atoms with Gasteiger partial charge in [0.05, 0.1) is 26.2 Å². The van der Waals surface area contributed by atoms with Crippen LogP contribution >= 0.6 is 0 Å². The van der Waals surface area contributed by atoms with Crippen LogP contribution in [0.5, 0.6) is 0 Å². The fourth-order valence-electron chi connectivity index (χ4n) is 3.07. The number of rotatable bonds is 14. The Kier molecular flexibility index (Phi) is 12.9. The van der Waals surface area contributed by atoms with E-state index in [4.69, 9.17) is 0 Å². The standard InChI is InChI=1S/C18H40N/c1-5-9-11-13-15-17-19(7-3,8-4)18-16-14-12-10-6-2/h5-18H2,1-4H3/q+1. The lowest BCUT2D eigenvalue weighted by molar-refractivity contribution is -0.925. The predicted octanol–water partition coefficient (Wildman–Crippen LogP) is 5.78. The molecule has 1 nitrogen and oxygen atoms in total. The highest BCUT2D eigenvalue weighted by molar-refractivity contribution is 4.48. The van der Waals surface area contributed by atoms with Crippen LogP contribution in [0.15, 0.2) is 0 Å². The molecule has 0 aliphatic rings. The second kappa shape index (κ2) is 13.0. The fourth-order valence-corrected chi connectivity index (χ4v) is 3.07. The summed E-state index contributed by atoms with van der Waals surface area (Å²) in [5.74, 6) is 0. The highest BCUT2D eigenvalue weighted by atomic mass is 15.3. The molecule has 1 heteroatoms. The zero-order valence-corrected chi connectivity index (χ0v) is 14.3. The summed E-state index contributed by atoms with van der Waals surface area (Å²) in [5.41, 5.74) is 0. The van der Waals surface area contributed by atoms with E-state index >= 15 is 0 Å². The predicted molar refractivity (Wildman–Crippen MR) is 88.6 cm³/mol. The molecule has 0 heterocycles. The molecule has 0 rings (SSSR count). The lowest BCUT2D eigenvalue weighted by atomic mass is 10.1. The van der Waals surface area contributed by atoms with E-state index in [1.54, 1.807) is 0 Å². The van der Waals surface area contributed by atoms with Crippen LogP contribution in [0.1, 0.15) is 91.9 Å². The first-order valence-electron chi connectivity index (χ1n) is 9.09. The highest BCUT2D eigenvalue weighted by Crippen LogP contribution is 2.14. The van der Waals surface area contributed by atoms with Gasteiger partial charge in [-0.05, 0) is 39.5 Å². The molecular weight excluding hydrogens is 230 g/mol. The smallest absolute Gasteiger partial charge is 0.0786 e. The van der Waals surface area contributed by atoms with Gasteiger partial charge in [0.2, 0.25) is 0 Å². The van der Waals surface area contributed by atoms with E-state index in [0.29, 0.717) is 0 Å². The summed E-state index contributed by atoms with van der Waals surface area (Å²) in [6.45, 7) is 14.9. The second-order valence-corrected chi connectivity index (χ2v) is 6.25. The first-order valence-corrected chi connectivity index (χ1v) is 9.09. The van der Waals surface area contributed by atoms with Gasteiger partial charge < -0.3 is 4.48 Å². The van der Waals surface area contributed by atoms with Crippen LogP contribution < -0.4 is 0 Å². The fraction of sp³-hybridized carbons (Fsp3) is 1.00. The third-order valence-electron chi connectivity index (χ3n) is 4.81. The van der Waals surface area contributed by atoms with Crippen molar-refractivity contribution in [3.05, 3.63) is 0 Å². The maximum absolute atomic E-state index is 2.39. The quantitative estimate of drug-likeness (QED) is 0.277. The van der Waals surface area contributed by atoms with Crippen molar-refractivity contribution in [3.63, 3.8) is 0 Å². The monoisotopic (exact) mass is 270 g/mol. The van der Waals surface area contributed by atoms with Crippen LogP contribution in [0, 0.1) is 0 Å². The van der Waals surface area contributed by atoms with Gasteiger partial charge in [0.25, 0.3) is 0 Å². The minimum atomic E-state index is 1.33. The number of unbranched alkanes of at least 4 members (excludes halogenated alkanes) is 8. The van der Waals surface area contributed by atoms with Crippen molar-refractivity contribution in [1.82, 2.24) is 0 Å². The SMILES string of the molecule is CCCCCCC[N+](CC)(CC)CCCCCCC. The van der Waals surface area contributed by atoms with E-state index in [-0.39, 0.29) is 0 Å². The Morgan fingerprint density at radius 3 is 1.16 bits per heavy atom. The summed E-state index contributed by atoms with van der Waals surface area (Å²) < 4.78 is 1.37. The molecule has 0 radical (unpaired) electrons. The largest absolute Gasteiger partial charge is 0.324 e. The number of hydrogen-bond donors (Lipinski definition) is 0. The number of hydrogen-bond acceptors (Lipinski definition) is 0. The van der Waals surface area contributed by atoms with Gasteiger partial charge in [-0.2, -0.15) is 0 Å². The van der Waals surface area contributed by atoms with Crippen LogP contribution in [0.3, 0.4) is 0 Å². The molecule has 0 unspecified atom stereocenters. The van der Waals surface area contributed by atoms with E-state index < -0.39 is 0 Å². The molecule has 0 aliphatic heterocycles. The Bertz CT molecular complexity index is 157. The van der Waals surface area contributed by atoms with E-state index in [0.717, 1.165) is 0 Å².